The minimum atomic E-state index is -1.82. The molecule has 174 valence electrons. The quantitative estimate of drug-likeness (QED) is 0.623. The summed E-state index contributed by atoms with van der Waals surface area (Å²) in [5, 5.41) is 3.17. The van der Waals surface area contributed by atoms with Crippen molar-refractivity contribution in [1.82, 2.24) is 26.0 Å². The maximum atomic E-state index is 15.5. The Labute approximate surface area is 186 Å². The predicted octanol–water partition coefficient (Wildman–Crippen LogP) is 2.35. The number of nitrogens with zero attached hydrogens (tertiary/aromatic N) is 2. The third-order valence-corrected chi connectivity index (χ3v) is 6.57. The van der Waals surface area contributed by atoms with Gasteiger partial charge in [-0.05, 0) is 36.6 Å². The Balaban J connectivity index is 1.22. The molecule has 4 rings (SSSR count). The highest BCUT2D eigenvalue weighted by atomic mass is 19.1. The number of benzene rings is 1. The van der Waals surface area contributed by atoms with Crippen LogP contribution in [0, 0.1) is 11.6 Å². The van der Waals surface area contributed by atoms with E-state index < -0.39 is 23.2 Å². The van der Waals surface area contributed by atoms with E-state index in [-0.39, 0.29) is 31.0 Å². The van der Waals surface area contributed by atoms with Crippen molar-refractivity contribution in [2.45, 2.75) is 43.9 Å². The molecular weight excluding hydrogens is 419 g/mol. The van der Waals surface area contributed by atoms with Gasteiger partial charge in [0.2, 0.25) is 0 Å². The molecule has 0 bridgehead atoms. The average molecular weight is 450 g/mol. The van der Waals surface area contributed by atoms with Gasteiger partial charge in [0.25, 0.3) is 5.91 Å². The van der Waals surface area contributed by atoms with Gasteiger partial charge in [-0.2, -0.15) is 0 Å². The second-order valence-corrected chi connectivity index (χ2v) is 8.73. The molecule has 1 aromatic rings. The molecule has 0 radical (unpaired) electrons. The normalized spacial score (nSPS) is 21.6. The van der Waals surface area contributed by atoms with Gasteiger partial charge in [0.1, 0.15) is 11.6 Å². The first-order valence-corrected chi connectivity index (χ1v) is 11.2. The largest absolute Gasteiger partial charge is 0.340 e. The van der Waals surface area contributed by atoms with Gasteiger partial charge < -0.3 is 21.1 Å². The van der Waals surface area contributed by atoms with Crippen LogP contribution in [0.4, 0.5) is 13.2 Å². The summed E-state index contributed by atoms with van der Waals surface area (Å²) in [7, 11) is 0. The van der Waals surface area contributed by atoms with E-state index in [9.17, 15) is 13.6 Å². The number of nitrogens with one attached hydrogen (secondary N) is 3. The zero-order valence-electron chi connectivity index (χ0n) is 18.0. The zero-order chi connectivity index (χ0) is 22.6. The number of hydrogen-bond acceptors (Lipinski definition) is 5. The molecule has 2 saturated heterocycles. The van der Waals surface area contributed by atoms with E-state index in [0.717, 1.165) is 12.1 Å². The lowest BCUT2D eigenvalue weighted by Gasteiger charge is -2.40. The lowest BCUT2D eigenvalue weighted by Crippen LogP contribution is -2.55. The Morgan fingerprint density at radius 1 is 1.09 bits per heavy atom. The second-order valence-electron chi connectivity index (χ2n) is 8.73. The van der Waals surface area contributed by atoms with Crippen molar-refractivity contribution in [3.63, 3.8) is 0 Å². The summed E-state index contributed by atoms with van der Waals surface area (Å²) in [4.78, 5) is 16.7. The molecule has 0 aromatic heterocycles. The monoisotopic (exact) mass is 449 g/mol. The van der Waals surface area contributed by atoms with E-state index >= 15 is 4.39 Å². The summed E-state index contributed by atoms with van der Waals surface area (Å²) in [6, 6.07) is 3.86. The SMILES string of the molecule is O=C(N1CCC(NCc2c(F)cccc2F)CC1)C1(F)CCN(CC2=CNNC=C2)CC1. The van der Waals surface area contributed by atoms with Crippen LogP contribution in [-0.2, 0) is 11.3 Å². The molecule has 0 atom stereocenters. The number of rotatable bonds is 6. The molecular formula is C23H30F3N5O. The van der Waals surface area contributed by atoms with Crippen molar-refractivity contribution in [2.24, 2.45) is 0 Å². The smallest absolute Gasteiger partial charge is 0.260 e. The zero-order valence-corrected chi connectivity index (χ0v) is 18.0. The molecule has 3 aliphatic rings. The highest BCUT2D eigenvalue weighted by Gasteiger charge is 2.44. The van der Waals surface area contributed by atoms with Crippen molar-refractivity contribution in [2.75, 3.05) is 32.7 Å². The summed E-state index contributed by atoms with van der Waals surface area (Å²) >= 11 is 0. The van der Waals surface area contributed by atoms with Crippen molar-refractivity contribution >= 4 is 5.91 Å². The van der Waals surface area contributed by atoms with E-state index in [1.54, 1.807) is 4.90 Å². The van der Waals surface area contributed by atoms with Crippen LogP contribution in [-0.4, -0.2) is 60.1 Å². The summed E-state index contributed by atoms with van der Waals surface area (Å²) in [5.41, 5.74) is 5.10. The minimum absolute atomic E-state index is 0.0204. The molecule has 0 unspecified atom stereocenters. The number of carbonyl (C=O) groups is 1. The summed E-state index contributed by atoms with van der Waals surface area (Å²) < 4.78 is 43.1. The second kappa shape index (κ2) is 9.95. The first-order chi connectivity index (χ1) is 15.4. The van der Waals surface area contributed by atoms with Crippen LogP contribution in [0.25, 0.3) is 0 Å². The van der Waals surface area contributed by atoms with E-state index in [1.807, 2.05) is 18.5 Å². The van der Waals surface area contributed by atoms with Gasteiger partial charge in [0.05, 0.1) is 0 Å². The molecule has 2 fully saturated rings. The number of likely N-dealkylation sites (tertiary alicyclic amines) is 2. The van der Waals surface area contributed by atoms with Crippen molar-refractivity contribution in [3.8, 4) is 0 Å². The van der Waals surface area contributed by atoms with Crippen molar-refractivity contribution in [3.05, 3.63) is 59.4 Å². The maximum absolute atomic E-state index is 15.5. The average Bonchev–Trinajstić information content (AvgIpc) is 2.81. The van der Waals surface area contributed by atoms with E-state index in [0.29, 0.717) is 39.0 Å². The van der Waals surface area contributed by atoms with E-state index in [4.69, 9.17) is 0 Å². The summed E-state index contributed by atoms with van der Waals surface area (Å²) in [6.07, 6.45) is 7.31. The maximum Gasteiger partial charge on any atom is 0.260 e. The highest BCUT2D eigenvalue weighted by Crippen LogP contribution is 2.30. The Kier molecular flexibility index (Phi) is 7.05. The molecule has 1 amide bonds. The first-order valence-electron chi connectivity index (χ1n) is 11.2. The Hall–Kier alpha value is -2.52. The Morgan fingerprint density at radius 2 is 1.78 bits per heavy atom. The standard InChI is InChI=1S/C23H30F3N5O/c24-20-2-1-3-21(25)19(20)15-27-18-5-10-31(11-6-18)22(32)23(26)7-12-30(13-8-23)16-17-4-9-28-29-14-17/h1-4,9,14,18,27-29H,5-8,10-13,15-16H2. The molecule has 3 heterocycles. The molecule has 1 aromatic carbocycles. The van der Waals surface area contributed by atoms with Crippen LogP contribution in [0.3, 0.4) is 0 Å². The van der Waals surface area contributed by atoms with Crippen LogP contribution in [0.15, 0.2) is 42.2 Å². The number of halogens is 3. The fourth-order valence-electron chi connectivity index (χ4n) is 4.53. The third-order valence-electron chi connectivity index (χ3n) is 6.57. The van der Waals surface area contributed by atoms with Gasteiger partial charge in [-0.25, -0.2) is 13.2 Å². The van der Waals surface area contributed by atoms with Crippen molar-refractivity contribution < 1.29 is 18.0 Å². The number of piperidine rings is 2. The van der Waals surface area contributed by atoms with Crippen LogP contribution in [0.5, 0.6) is 0 Å². The topological polar surface area (TPSA) is 59.6 Å². The number of amides is 1. The Morgan fingerprint density at radius 3 is 2.41 bits per heavy atom. The van der Waals surface area contributed by atoms with Gasteiger partial charge in [-0.1, -0.05) is 6.07 Å². The van der Waals surface area contributed by atoms with Gasteiger partial charge >= 0.3 is 0 Å². The first kappa shape index (κ1) is 22.7. The van der Waals surface area contributed by atoms with Crippen LogP contribution >= 0.6 is 0 Å². The fourth-order valence-corrected chi connectivity index (χ4v) is 4.53. The number of alkyl halides is 1. The number of carbonyl (C=O) groups excluding carboxylic acids is 1. The van der Waals surface area contributed by atoms with Crippen molar-refractivity contribution in [1.29, 1.82) is 0 Å². The molecule has 0 aliphatic carbocycles. The lowest BCUT2D eigenvalue weighted by atomic mass is 9.90. The van der Waals surface area contributed by atoms with E-state index in [2.05, 4.69) is 21.1 Å². The number of hydrogen-bond donors (Lipinski definition) is 3. The lowest BCUT2D eigenvalue weighted by molar-refractivity contribution is -0.148. The molecule has 3 aliphatic heterocycles. The van der Waals surface area contributed by atoms with Crippen LogP contribution in [0.1, 0.15) is 31.2 Å². The van der Waals surface area contributed by atoms with Gasteiger partial charge in [0.15, 0.2) is 5.67 Å². The van der Waals surface area contributed by atoms with Gasteiger partial charge in [-0.15, -0.1) is 0 Å². The summed E-state index contributed by atoms with van der Waals surface area (Å²) in [5.74, 6) is -1.56. The van der Waals surface area contributed by atoms with Crippen LogP contribution < -0.4 is 16.2 Å². The molecule has 3 N–H and O–H groups in total. The Bertz CT molecular complexity index is 854. The molecule has 0 spiro atoms. The molecule has 32 heavy (non-hydrogen) atoms. The molecule has 0 saturated carbocycles. The van der Waals surface area contributed by atoms with Gasteiger partial charge in [-0.3, -0.25) is 9.69 Å². The predicted molar refractivity (Wildman–Crippen MR) is 116 cm³/mol. The fraction of sp³-hybridized carbons (Fsp3) is 0.522. The third kappa shape index (κ3) is 5.27. The van der Waals surface area contributed by atoms with Crippen LogP contribution in [0.2, 0.25) is 0 Å². The summed E-state index contributed by atoms with van der Waals surface area (Å²) in [6.45, 7) is 2.77. The highest BCUT2D eigenvalue weighted by molar-refractivity contribution is 5.85. The molecule has 9 heteroatoms. The number of hydrazine groups is 1. The van der Waals surface area contributed by atoms with E-state index in [1.165, 1.54) is 18.2 Å². The molecule has 6 nitrogen and oxygen atoms in total. The minimum Gasteiger partial charge on any atom is -0.340 e. The van der Waals surface area contributed by atoms with Gasteiger partial charge in [0, 0.05) is 76.1 Å².